The maximum Gasteiger partial charge on any atom is 0.327 e. The van der Waals surface area contributed by atoms with Crippen LogP contribution in [0, 0.1) is 0 Å². The maximum absolute atomic E-state index is 9.25. The molecule has 4 N–H and O–H groups in total. The van der Waals surface area contributed by atoms with Crippen LogP contribution in [0.1, 0.15) is 0 Å². The van der Waals surface area contributed by atoms with Gasteiger partial charge in [-0.05, 0) is 0 Å². The van der Waals surface area contributed by atoms with Gasteiger partial charge in [-0.2, -0.15) is 0 Å². The molecule has 0 aromatic rings. The molecule has 0 atom stereocenters. The Labute approximate surface area is 110 Å². The number of aliphatic carboxylic acids is 2. The molecule has 13 heavy (non-hydrogen) atoms. The fourth-order valence-corrected chi connectivity index (χ4v) is 0. The topological polar surface area (TPSA) is 106 Å². The van der Waals surface area contributed by atoms with Crippen molar-refractivity contribution >= 4 is 59.8 Å². The summed E-state index contributed by atoms with van der Waals surface area (Å²) in [5, 5.41) is 15.2. The zero-order valence-electron chi connectivity index (χ0n) is 6.78. The summed E-state index contributed by atoms with van der Waals surface area (Å²) >= 11 is 0. The third-order valence-corrected chi connectivity index (χ3v) is 0.349. The number of hydrogen-bond donors (Lipinski definition) is 2. The molecule has 7 heteroatoms. The van der Waals surface area contributed by atoms with E-state index < -0.39 is 11.9 Å². The molecule has 72 valence electrons. The van der Waals surface area contributed by atoms with E-state index in [1.54, 1.807) is 0 Å². The van der Waals surface area contributed by atoms with Gasteiger partial charge in [-0.15, -0.1) is 0 Å². The van der Waals surface area contributed by atoms with E-state index in [4.69, 9.17) is 10.2 Å². The molecular formula is C6H10O5Sn2. The molecule has 0 aliphatic carbocycles. The van der Waals surface area contributed by atoms with Crippen LogP contribution in [0.4, 0.5) is 0 Å². The Kier molecular flexibility index (Phi) is 51.0. The van der Waals surface area contributed by atoms with Gasteiger partial charge in [0.2, 0.25) is 0 Å². The first-order valence-electron chi connectivity index (χ1n) is 2.25. The van der Waals surface area contributed by atoms with Crippen LogP contribution < -0.4 is 0 Å². The van der Waals surface area contributed by atoms with Crippen LogP contribution in [0.25, 0.3) is 0 Å². The second kappa shape index (κ2) is 22.7. The van der Waals surface area contributed by atoms with Gasteiger partial charge in [-0.3, -0.25) is 0 Å². The van der Waals surface area contributed by atoms with Crippen molar-refractivity contribution in [3.8, 4) is 0 Å². The van der Waals surface area contributed by atoms with Crippen LogP contribution in [0.5, 0.6) is 0 Å². The quantitative estimate of drug-likeness (QED) is 0.455. The van der Waals surface area contributed by atoms with Crippen LogP contribution in [0.15, 0.2) is 25.3 Å². The van der Waals surface area contributed by atoms with Crippen molar-refractivity contribution in [2.24, 2.45) is 0 Å². The largest absolute Gasteiger partial charge is 0.478 e. The predicted octanol–water partition coefficient (Wildman–Crippen LogP) is -1.07. The minimum Gasteiger partial charge on any atom is -0.478 e. The second-order valence-corrected chi connectivity index (χ2v) is 1.08. The van der Waals surface area contributed by atoms with Gasteiger partial charge in [0.25, 0.3) is 0 Å². The molecule has 0 aliphatic rings. The van der Waals surface area contributed by atoms with Crippen molar-refractivity contribution in [1.82, 2.24) is 0 Å². The van der Waals surface area contributed by atoms with E-state index in [2.05, 4.69) is 13.2 Å². The van der Waals surface area contributed by atoms with E-state index in [-0.39, 0.29) is 53.3 Å². The molecule has 0 heterocycles. The summed E-state index contributed by atoms with van der Waals surface area (Å²) in [4.78, 5) is 18.5. The van der Waals surface area contributed by atoms with Crippen molar-refractivity contribution in [3.63, 3.8) is 0 Å². The Hall–Kier alpha value is -0.0226. The Bertz CT molecular complexity index is 139. The Morgan fingerprint density at radius 1 is 0.923 bits per heavy atom. The summed E-state index contributed by atoms with van der Waals surface area (Å²) in [6.45, 7) is 5.92. The van der Waals surface area contributed by atoms with Crippen molar-refractivity contribution in [1.29, 1.82) is 0 Å². The summed E-state index contributed by atoms with van der Waals surface area (Å²) in [5.41, 5.74) is 0. The third-order valence-electron chi connectivity index (χ3n) is 0.349. The van der Waals surface area contributed by atoms with Gasteiger partial charge in [0, 0.05) is 60.0 Å². The van der Waals surface area contributed by atoms with Crippen LogP contribution in [0.3, 0.4) is 0 Å². The molecule has 0 bridgehead atoms. The van der Waals surface area contributed by atoms with Crippen LogP contribution >= 0.6 is 0 Å². The SMILES string of the molecule is C=CC(=O)O.C=CC(=O)O.O.[Sn].[Sn]. The average Bonchev–Trinajstić information content (AvgIpc) is 1.89. The monoisotopic (exact) mass is 402 g/mol. The molecule has 0 spiro atoms. The van der Waals surface area contributed by atoms with Gasteiger partial charge >= 0.3 is 11.9 Å². The number of carbonyl (C=O) groups is 2. The Morgan fingerprint density at radius 2 is 1.00 bits per heavy atom. The first-order valence-corrected chi connectivity index (χ1v) is 2.25. The molecule has 0 saturated heterocycles. The minimum absolute atomic E-state index is 0. The van der Waals surface area contributed by atoms with Gasteiger partial charge in [0.15, 0.2) is 0 Å². The van der Waals surface area contributed by atoms with Crippen LogP contribution in [-0.2, 0) is 9.59 Å². The molecule has 0 rings (SSSR count). The summed E-state index contributed by atoms with van der Waals surface area (Å²) in [6, 6.07) is 0. The summed E-state index contributed by atoms with van der Waals surface area (Å²) in [7, 11) is 0. The number of carboxylic acids is 2. The van der Waals surface area contributed by atoms with Crippen LogP contribution in [0.2, 0.25) is 0 Å². The minimum atomic E-state index is -0.981. The van der Waals surface area contributed by atoms with Gasteiger partial charge in [-0.1, -0.05) is 13.2 Å². The molecule has 0 aromatic heterocycles. The van der Waals surface area contributed by atoms with E-state index in [9.17, 15) is 9.59 Å². The maximum atomic E-state index is 9.25. The van der Waals surface area contributed by atoms with E-state index in [1.165, 1.54) is 0 Å². The zero-order valence-corrected chi connectivity index (χ0v) is 12.5. The number of hydrogen-bond acceptors (Lipinski definition) is 2. The molecular weight excluding hydrogens is 389 g/mol. The van der Waals surface area contributed by atoms with E-state index in [0.717, 1.165) is 12.2 Å². The Morgan fingerprint density at radius 3 is 1.00 bits per heavy atom. The van der Waals surface area contributed by atoms with Crippen molar-refractivity contribution in [2.75, 3.05) is 0 Å². The van der Waals surface area contributed by atoms with Crippen molar-refractivity contribution in [3.05, 3.63) is 25.3 Å². The molecule has 0 aromatic carbocycles. The van der Waals surface area contributed by atoms with Crippen LogP contribution in [-0.4, -0.2) is 75.4 Å². The van der Waals surface area contributed by atoms with Crippen molar-refractivity contribution < 1.29 is 25.3 Å². The van der Waals surface area contributed by atoms with Gasteiger partial charge in [0.05, 0.1) is 0 Å². The summed E-state index contributed by atoms with van der Waals surface area (Å²) < 4.78 is 0. The summed E-state index contributed by atoms with van der Waals surface area (Å²) in [5.74, 6) is -1.96. The average molecular weight is 400 g/mol. The normalized spacial score (nSPS) is 4.92. The van der Waals surface area contributed by atoms with E-state index >= 15 is 0 Å². The molecule has 0 amide bonds. The second-order valence-electron chi connectivity index (χ2n) is 1.08. The van der Waals surface area contributed by atoms with Gasteiger partial charge in [0.1, 0.15) is 0 Å². The first kappa shape index (κ1) is 29.3. The number of carboxylic acid groups (broad SMARTS) is 2. The Balaban J connectivity index is -0.0000000267. The molecule has 8 radical (unpaired) electrons. The smallest absolute Gasteiger partial charge is 0.327 e. The molecule has 0 fully saturated rings. The standard InChI is InChI=1S/2C3H4O2.H2O.2Sn/c2*1-2-3(4)5;;;/h2*2H,1H2,(H,4,5);1H2;;. The van der Waals surface area contributed by atoms with E-state index in [1.807, 2.05) is 0 Å². The van der Waals surface area contributed by atoms with E-state index in [0.29, 0.717) is 0 Å². The first-order chi connectivity index (χ1) is 4.54. The van der Waals surface area contributed by atoms with Crippen molar-refractivity contribution in [2.45, 2.75) is 0 Å². The molecule has 0 unspecified atom stereocenters. The number of rotatable bonds is 2. The fourth-order valence-electron chi connectivity index (χ4n) is 0. The zero-order chi connectivity index (χ0) is 8.57. The fraction of sp³-hybridized carbons (Fsp3) is 0. The third kappa shape index (κ3) is 75.4. The molecule has 0 aliphatic heterocycles. The molecule has 0 saturated carbocycles. The van der Waals surface area contributed by atoms with Gasteiger partial charge < -0.3 is 15.7 Å². The molecule has 5 nitrogen and oxygen atoms in total. The predicted molar refractivity (Wildman–Crippen MR) is 50.8 cm³/mol. The summed E-state index contributed by atoms with van der Waals surface area (Å²) in [6.07, 6.45) is 1.67. The van der Waals surface area contributed by atoms with Gasteiger partial charge in [-0.25, -0.2) is 9.59 Å².